The van der Waals surface area contributed by atoms with Gasteiger partial charge in [-0.3, -0.25) is 9.80 Å². The maximum Gasteiger partial charge on any atom is 0.0234 e. The van der Waals surface area contributed by atoms with Gasteiger partial charge >= 0.3 is 0 Å². The van der Waals surface area contributed by atoms with Crippen LogP contribution in [0.1, 0.15) is 30.9 Å². The molecular weight excluding hydrogens is 232 g/mol. The van der Waals surface area contributed by atoms with Gasteiger partial charge in [0, 0.05) is 39.3 Å². The molecule has 104 valence electrons. The third-order valence-electron chi connectivity index (χ3n) is 3.90. The molecule has 1 aliphatic heterocycles. The van der Waals surface area contributed by atoms with E-state index in [1.165, 1.54) is 24.2 Å². The SMILES string of the molecule is C=CCN1CCN(Cc2ccc(C(C)C)cc2)CC1. The molecule has 1 aromatic rings. The van der Waals surface area contributed by atoms with Gasteiger partial charge < -0.3 is 0 Å². The van der Waals surface area contributed by atoms with Gasteiger partial charge in [0.15, 0.2) is 0 Å². The van der Waals surface area contributed by atoms with E-state index in [0.29, 0.717) is 5.92 Å². The van der Waals surface area contributed by atoms with Crippen molar-refractivity contribution in [1.29, 1.82) is 0 Å². The minimum Gasteiger partial charge on any atom is -0.297 e. The molecule has 1 aromatic carbocycles. The highest BCUT2D eigenvalue weighted by Gasteiger charge is 2.15. The third-order valence-corrected chi connectivity index (χ3v) is 3.90. The monoisotopic (exact) mass is 258 g/mol. The summed E-state index contributed by atoms with van der Waals surface area (Å²) in [6, 6.07) is 9.11. The van der Waals surface area contributed by atoms with Crippen LogP contribution >= 0.6 is 0 Å². The highest BCUT2D eigenvalue weighted by molar-refractivity contribution is 5.24. The Kier molecular flexibility index (Phi) is 5.17. The molecular formula is C17H26N2. The molecule has 19 heavy (non-hydrogen) atoms. The lowest BCUT2D eigenvalue weighted by Gasteiger charge is -2.34. The zero-order valence-electron chi connectivity index (χ0n) is 12.3. The first-order chi connectivity index (χ1) is 9.19. The van der Waals surface area contributed by atoms with E-state index in [1.54, 1.807) is 0 Å². The minimum atomic E-state index is 0.622. The van der Waals surface area contributed by atoms with E-state index in [1.807, 2.05) is 6.08 Å². The topological polar surface area (TPSA) is 6.48 Å². The van der Waals surface area contributed by atoms with Crippen LogP contribution in [0.3, 0.4) is 0 Å². The predicted molar refractivity (Wildman–Crippen MR) is 82.4 cm³/mol. The Hall–Kier alpha value is -1.12. The number of hydrogen-bond acceptors (Lipinski definition) is 2. The summed E-state index contributed by atoms with van der Waals surface area (Å²) in [6.45, 7) is 15.1. The Morgan fingerprint density at radius 2 is 1.63 bits per heavy atom. The van der Waals surface area contributed by atoms with Gasteiger partial charge in [-0.05, 0) is 17.0 Å². The zero-order valence-corrected chi connectivity index (χ0v) is 12.3. The maximum atomic E-state index is 3.81. The summed E-state index contributed by atoms with van der Waals surface area (Å²) in [5.74, 6) is 0.622. The van der Waals surface area contributed by atoms with E-state index in [-0.39, 0.29) is 0 Å². The number of hydrogen-bond donors (Lipinski definition) is 0. The van der Waals surface area contributed by atoms with Crippen LogP contribution in [-0.4, -0.2) is 42.5 Å². The van der Waals surface area contributed by atoms with Crippen molar-refractivity contribution in [1.82, 2.24) is 9.80 Å². The van der Waals surface area contributed by atoms with E-state index in [0.717, 1.165) is 26.2 Å². The number of rotatable bonds is 5. The van der Waals surface area contributed by atoms with Crippen molar-refractivity contribution in [3.8, 4) is 0 Å². The van der Waals surface area contributed by atoms with Crippen LogP contribution in [0.25, 0.3) is 0 Å². The Morgan fingerprint density at radius 1 is 1.05 bits per heavy atom. The molecule has 2 nitrogen and oxygen atoms in total. The van der Waals surface area contributed by atoms with Gasteiger partial charge in [0.05, 0.1) is 0 Å². The molecule has 2 heteroatoms. The fourth-order valence-corrected chi connectivity index (χ4v) is 2.58. The van der Waals surface area contributed by atoms with Crippen LogP contribution in [0.2, 0.25) is 0 Å². The molecule has 2 rings (SSSR count). The van der Waals surface area contributed by atoms with Crippen molar-refractivity contribution in [2.75, 3.05) is 32.7 Å². The van der Waals surface area contributed by atoms with E-state index in [4.69, 9.17) is 0 Å². The molecule has 0 N–H and O–H groups in total. The van der Waals surface area contributed by atoms with Gasteiger partial charge in [-0.25, -0.2) is 0 Å². The predicted octanol–water partition coefficient (Wildman–Crippen LogP) is 3.11. The molecule has 0 atom stereocenters. The van der Waals surface area contributed by atoms with Crippen molar-refractivity contribution < 1.29 is 0 Å². The second-order valence-electron chi connectivity index (χ2n) is 5.76. The molecule has 0 aromatic heterocycles. The van der Waals surface area contributed by atoms with E-state index >= 15 is 0 Å². The molecule has 1 fully saturated rings. The van der Waals surface area contributed by atoms with Gasteiger partial charge in [0.1, 0.15) is 0 Å². The van der Waals surface area contributed by atoms with E-state index in [2.05, 4.69) is 54.5 Å². The molecule has 0 amide bonds. The van der Waals surface area contributed by atoms with E-state index in [9.17, 15) is 0 Å². The molecule has 1 aliphatic rings. The third kappa shape index (κ3) is 4.19. The second kappa shape index (κ2) is 6.88. The second-order valence-corrected chi connectivity index (χ2v) is 5.76. The van der Waals surface area contributed by atoms with Crippen LogP contribution in [0.4, 0.5) is 0 Å². The first kappa shape index (κ1) is 14.3. The maximum absolute atomic E-state index is 3.81. The van der Waals surface area contributed by atoms with Crippen molar-refractivity contribution in [3.63, 3.8) is 0 Å². The first-order valence-electron chi connectivity index (χ1n) is 7.33. The average Bonchev–Trinajstić information content (AvgIpc) is 2.42. The summed E-state index contributed by atoms with van der Waals surface area (Å²) in [7, 11) is 0. The lowest BCUT2D eigenvalue weighted by Crippen LogP contribution is -2.45. The zero-order chi connectivity index (χ0) is 13.7. The Morgan fingerprint density at radius 3 is 2.16 bits per heavy atom. The quantitative estimate of drug-likeness (QED) is 0.749. The summed E-state index contributed by atoms with van der Waals surface area (Å²) in [6.07, 6.45) is 2.00. The van der Waals surface area contributed by atoms with Crippen LogP contribution in [0, 0.1) is 0 Å². The fraction of sp³-hybridized carbons (Fsp3) is 0.529. The molecule has 0 bridgehead atoms. The van der Waals surface area contributed by atoms with Gasteiger partial charge in [0.25, 0.3) is 0 Å². The van der Waals surface area contributed by atoms with E-state index < -0.39 is 0 Å². The van der Waals surface area contributed by atoms with Crippen LogP contribution in [-0.2, 0) is 6.54 Å². The Bertz CT molecular complexity index is 386. The highest BCUT2D eigenvalue weighted by atomic mass is 15.3. The van der Waals surface area contributed by atoms with Gasteiger partial charge in [-0.1, -0.05) is 44.2 Å². The summed E-state index contributed by atoms with van der Waals surface area (Å²) in [5, 5.41) is 0. The average molecular weight is 258 g/mol. The summed E-state index contributed by atoms with van der Waals surface area (Å²) >= 11 is 0. The summed E-state index contributed by atoms with van der Waals surface area (Å²) in [4.78, 5) is 5.01. The summed E-state index contributed by atoms with van der Waals surface area (Å²) in [5.41, 5.74) is 2.86. The minimum absolute atomic E-state index is 0.622. The normalized spacial score (nSPS) is 17.8. The highest BCUT2D eigenvalue weighted by Crippen LogP contribution is 2.16. The molecule has 0 unspecified atom stereocenters. The summed E-state index contributed by atoms with van der Waals surface area (Å²) < 4.78 is 0. The van der Waals surface area contributed by atoms with Crippen molar-refractivity contribution >= 4 is 0 Å². The molecule has 0 radical (unpaired) electrons. The smallest absolute Gasteiger partial charge is 0.0234 e. The van der Waals surface area contributed by atoms with Crippen LogP contribution in [0.5, 0.6) is 0 Å². The number of nitrogens with zero attached hydrogens (tertiary/aromatic N) is 2. The molecule has 1 heterocycles. The molecule has 0 saturated carbocycles. The van der Waals surface area contributed by atoms with Gasteiger partial charge in [-0.15, -0.1) is 6.58 Å². The molecule has 0 spiro atoms. The van der Waals surface area contributed by atoms with Gasteiger partial charge in [0.2, 0.25) is 0 Å². The van der Waals surface area contributed by atoms with Crippen LogP contribution in [0.15, 0.2) is 36.9 Å². The molecule has 1 saturated heterocycles. The van der Waals surface area contributed by atoms with Crippen molar-refractivity contribution in [2.24, 2.45) is 0 Å². The number of benzene rings is 1. The standard InChI is InChI=1S/C17H26N2/c1-4-9-18-10-12-19(13-11-18)14-16-5-7-17(8-6-16)15(2)3/h4-8,15H,1,9-14H2,2-3H3. The van der Waals surface area contributed by atoms with Gasteiger partial charge in [-0.2, -0.15) is 0 Å². The Labute approximate surface area is 117 Å². The Balaban J connectivity index is 1.83. The van der Waals surface area contributed by atoms with Crippen molar-refractivity contribution in [3.05, 3.63) is 48.0 Å². The number of piperazine rings is 1. The largest absolute Gasteiger partial charge is 0.297 e. The van der Waals surface area contributed by atoms with Crippen LogP contribution < -0.4 is 0 Å². The fourth-order valence-electron chi connectivity index (χ4n) is 2.58. The molecule has 0 aliphatic carbocycles. The lowest BCUT2D eigenvalue weighted by molar-refractivity contribution is 0.137. The first-order valence-corrected chi connectivity index (χ1v) is 7.33. The van der Waals surface area contributed by atoms with Crippen molar-refractivity contribution in [2.45, 2.75) is 26.3 Å². The lowest BCUT2D eigenvalue weighted by atomic mass is 10.0.